The number of aromatic nitrogens is 2. The Hall–Kier alpha value is -1.77. The highest BCUT2D eigenvalue weighted by Crippen LogP contribution is 2.27. The Labute approximate surface area is 127 Å². The highest BCUT2D eigenvalue weighted by atomic mass is 35.5. The molecule has 0 spiro atoms. The van der Waals surface area contributed by atoms with Gasteiger partial charge in [-0.15, -0.1) is 0 Å². The van der Waals surface area contributed by atoms with Crippen molar-refractivity contribution in [1.82, 2.24) is 14.7 Å². The van der Waals surface area contributed by atoms with Gasteiger partial charge in [-0.05, 0) is 23.7 Å². The van der Waals surface area contributed by atoms with Crippen molar-refractivity contribution in [3.63, 3.8) is 0 Å². The second kappa shape index (κ2) is 6.12. The van der Waals surface area contributed by atoms with Crippen LogP contribution in [-0.4, -0.2) is 22.4 Å². The molecule has 2 heterocycles. The van der Waals surface area contributed by atoms with E-state index in [1.807, 2.05) is 0 Å². The van der Waals surface area contributed by atoms with Crippen LogP contribution in [0.3, 0.4) is 0 Å². The molecule has 0 unspecified atom stereocenters. The predicted octanol–water partition coefficient (Wildman–Crippen LogP) is 2.63. The molecule has 0 saturated heterocycles. The topological polar surface area (TPSA) is 98.9 Å². The Morgan fingerprint density at radius 3 is 2.80 bits per heavy atom. The molecule has 2 amide bonds. The minimum atomic E-state index is -0.506. The number of halogens is 2. The lowest BCUT2D eigenvalue weighted by Crippen LogP contribution is -2.27. The predicted molar refractivity (Wildman–Crippen MR) is 80.6 cm³/mol. The van der Waals surface area contributed by atoms with Gasteiger partial charge in [-0.3, -0.25) is 9.17 Å². The molecule has 7 nitrogen and oxygen atoms in total. The summed E-state index contributed by atoms with van der Waals surface area (Å²) in [6.45, 7) is 0. The Morgan fingerprint density at radius 2 is 2.15 bits per heavy atom. The first-order chi connectivity index (χ1) is 9.49. The van der Waals surface area contributed by atoms with Crippen LogP contribution in [0.5, 0.6) is 0 Å². The summed E-state index contributed by atoms with van der Waals surface area (Å²) in [6.07, 6.45) is 0. The normalized spacial score (nSPS) is 10.2. The number of nitrogens with zero attached hydrogens (tertiary/aromatic N) is 1. The number of urea groups is 1. The van der Waals surface area contributed by atoms with Crippen molar-refractivity contribution in [3.05, 3.63) is 32.7 Å². The van der Waals surface area contributed by atoms with E-state index in [4.69, 9.17) is 23.2 Å². The Bertz CT molecular complexity index is 679. The summed E-state index contributed by atoms with van der Waals surface area (Å²) in [5.41, 5.74) is -0.332. The molecule has 20 heavy (non-hydrogen) atoms. The summed E-state index contributed by atoms with van der Waals surface area (Å²) in [4.78, 5) is 26.9. The maximum atomic E-state index is 11.6. The number of H-pyrrole nitrogens is 1. The fraction of sp³-hybridized carbons (Fsp3) is 0.100. The van der Waals surface area contributed by atoms with E-state index in [0.717, 1.165) is 11.5 Å². The number of hydrogen-bond acceptors (Lipinski definition) is 5. The molecule has 2 rings (SSSR count). The number of anilines is 3. The third-order valence-electron chi connectivity index (χ3n) is 2.17. The zero-order chi connectivity index (χ0) is 14.7. The van der Waals surface area contributed by atoms with Crippen LogP contribution in [0.2, 0.25) is 10.2 Å². The standard InChI is InChI=1S/C10H9Cl2N5O2S/c1-13-10(19)16-7-8(18)17-20-9(7)15-6-3-4(11)2-5(12)14-6/h2-3H,1H3,(H,14,15)(H,17,18)(H2,13,16,19). The summed E-state index contributed by atoms with van der Waals surface area (Å²) < 4.78 is 2.50. The number of rotatable bonds is 3. The molecule has 10 heteroatoms. The largest absolute Gasteiger partial charge is 0.341 e. The average molecular weight is 334 g/mol. The highest BCUT2D eigenvalue weighted by Gasteiger charge is 2.14. The molecule has 0 aliphatic rings. The fourth-order valence-electron chi connectivity index (χ4n) is 1.33. The van der Waals surface area contributed by atoms with Gasteiger partial charge >= 0.3 is 6.03 Å². The second-order valence-electron chi connectivity index (χ2n) is 3.56. The van der Waals surface area contributed by atoms with Crippen LogP contribution in [0.1, 0.15) is 0 Å². The number of amides is 2. The number of carbonyl (C=O) groups excluding carboxylic acids is 1. The summed E-state index contributed by atoms with van der Waals surface area (Å²) in [5, 5.41) is 8.65. The van der Waals surface area contributed by atoms with Crippen LogP contribution in [0, 0.1) is 0 Å². The first-order valence-electron chi connectivity index (χ1n) is 5.30. The van der Waals surface area contributed by atoms with Crippen LogP contribution in [0.25, 0.3) is 0 Å². The van der Waals surface area contributed by atoms with Crippen molar-refractivity contribution < 1.29 is 4.79 Å². The SMILES string of the molecule is CNC(=O)Nc1c(Nc2cc(Cl)cc(Cl)n2)s[nH]c1=O. The average Bonchev–Trinajstić information content (AvgIpc) is 2.70. The van der Waals surface area contributed by atoms with Crippen LogP contribution in [-0.2, 0) is 0 Å². The quantitative estimate of drug-likeness (QED) is 0.649. The van der Waals surface area contributed by atoms with Gasteiger partial charge in [0.15, 0.2) is 0 Å². The zero-order valence-electron chi connectivity index (χ0n) is 10.1. The highest BCUT2D eigenvalue weighted by molar-refractivity contribution is 7.11. The van der Waals surface area contributed by atoms with Crippen LogP contribution in [0.4, 0.5) is 21.3 Å². The summed E-state index contributed by atoms with van der Waals surface area (Å²) in [6, 6.07) is 2.52. The lowest BCUT2D eigenvalue weighted by atomic mass is 10.4. The summed E-state index contributed by atoms with van der Waals surface area (Å²) >= 11 is 12.7. The van der Waals surface area contributed by atoms with E-state index in [2.05, 4.69) is 25.3 Å². The van der Waals surface area contributed by atoms with Crippen LogP contribution < -0.4 is 21.5 Å². The van der Waals surface area contributed by atoms with Crippen molar-refractivity contribution in [2.75, 3.05) is 17.7 Å². The van der Waals surface area contributed by atoms with Gasteiger partial charge in [-0.2, -0.15) is 0 Å². The molecule has 0 radical (unpaired) electrons. The number of carbonyl (C=O) groups is 1. The van der Waals surface area contributed by atoms with E-state index in [9.17, 15) is 9.59 Å². The lowest BCUT2D eigenvalue weighted by Gasteiger charge is -2.07. The molecule has 0 atom stereocenters. The molecular formula is C10H9Cl2N5O2S. The number of nitrogens with one attached hydrogen (secondary N) is 4. The van der Waals surface area contributed by atoms with Crippen molar-refractivity contribution in [2.45, 2.75) is 0 Å². The third kappa shape index (κ3) is 3.41. The molecular weight excluding hydrogens is 325 g/mol. The van der Waals surface area contributed by atoms with E-state index in [0.29, 0.717) is 15.8 Å². The number of aromatic amines is 1. The maximum absolute atomic E-state index is 11.6. The smallest absolute Gasteiger partial charge is 0.319 e. The van der Waals surface area contributed by atoms with Gasteiger partial charge in [-0.1, -0.05) is 23.2 Å². The first-order valence-corrected chi connectivity index (χ1v) is 6.87. The van der Waals surface area contributed by atoms with E-state index in [1.165, 1.54) is 13.1 Å². The van der Waals surface area contributed by atoms with Gasteiger partial charge in [0.05, 0.1) is 0 Å². The van der Waals surface area contributed by atoms with Crippen molar-refractivity contribution >= 4 is 57.3 Å². The second-order valence-corrected chi connectivity index (χ2v) is 5.20. The third-order valence-corrected chi connectivity index (χ3v) is 3.38. The minimum absolute atomic E-state index is 0.0900. The van der Waals surface area contributed by atoms with Crippen molar-refractivity contribution in [3.8, 4) is 0 Å². The van der Waals surface area contributed by atoms with Crippen LogP contribution in [0.15, 0.2) is 16.9 Å². The Morgan fingerprint density at radius 1 is 1.40 bits per heavy atom. The molecule has 0 fully saturated rings. The molecule has 0 saturated carbocycles. The molecule has 0 aliphatic carbocycles. The Kier molecular flexibility index (Phi) is 4.48. The Balaban J connectivity index is 2.29. The summed E-state index contributed by atoms with van der Waals surface area (Å²) in [5.74, 6) is 0.359. The number of hydrogen-bond donors (Lipinski definition) is 4. The van der Waals surface area contributed by atoms with E-state index >= 15 is 0 Å². The van der Waals surface area contributed by atoms with Gasteiger partial charge in [-0.25, -0.2) is 9.78 Å². The summed E-state index contributed by atoms with van der Waals surface area (Å²) in [7, 11) is 1.45. The lowest BCUT2D eigenvalue weighted by molar-refractivity contribution is 0.254. The van der Waals surface area contributed by atoms with E-state index in [-0.39, 0.29) is 10.8 Å². The van der Waals surface area contributed by atoms with Crippen molar-refractivity contribution in [2.24, 2.45) is 0 Å². The molecule has 4 N–H and O–H groups in total. The van der Waals surface area contributed by atoms with Crippen LogP contribution >= 0.6 is 34.7 Å². The van der Waals surface area contributed by atoms with E-state index < -0.39 is 11.6 Å². The molecule has 0 aromatic carbocycles. The molecule has 106 valence electrons. The first kappa shape index (κ1) is 14.6. The number of pyridine rings is 1. The molecule has 0 aliphatic heterocycles. The fourth-order valence-corrected chi connectivity index (χ4v) is 2.50. The zero-order valence-corrected chi connectivity index (χ0v) is 12.4. The van der Waals surface area contributed by atoms with Crippen molar-refractivity contribution in [1.29, 1.82) is 0 Å². The monoisotopic (exact) mass is 333 g/mol. The van der Waals surface area contributed by atoms with Gasteiger partial charge in [0, 0.05) is 12.1 Å². The minimum Gasteiger partial charge on any atom is -0.341 e. The maximum Gasteiger partial charge on any atom is 0.319 e. The molecule has 2 aromatic heterocycles. The van der Waals surface area contributed by atoms with Gasteiger partial charge in [0.2, 0.25) is 0 Å². The molecule has 2 aromatic rings. The van der Waals surface area contributed by atoms with Gasteiger partial charge in [0.25, 0.3) is 5.56 Å². The molecule has 0 bridgehead atoms. The van der Waals surface area contributed by atoms with Gasteiger partial charge < -0.3 is 16.0 Å². The van der Waals surface area contributed by atoms with E-state index in [1.54, 1.807) is 6.07 Å². The van der Waals surface area contributed by atoms with Gasteiger partial charge in [0.1, 0.15) is 21.7 Å².